The Balaban J connectivity index is 1.64. The normalized spacial score (nSPS) is 10.9. The van der Waals surface area contributed by atoms with Gasteiger partial charge in [-0.05, 0) is 82.4 Å². The number of hydrogen-bond acceptors (Lipinski definition) is 7. The summed E-state index contributed by atoms with van der Waals surface area (Å²) in [7, 11) is 3.98. The molecule has 2 aromatic carbocycles. The number of pyridine rings is 1. The zero-order valence-electron chi connectivity index (χ0n) is 25.5. The van der Waals surface area contributed by atoms with E-state index in [-0.39, 0.29) is 33.9 Å². The van der Waals surface area contributed by atoms with E-state index < -0.39 is 11.6 Å². The molecule has 0 aliphatic carbocycles. The fourth-order valence-electron chi connectivity index (χ4n) is 4.49. The van der Waals surface area contributed by atoms with Crippen LogP contribution in [0.2, 0.25) is 10.0 Å². The Morgan fingerprint density at radius 2 is 1.69 bits per heavy atom. The van der Waals surface area contributed by atoms with Gasteiger partial charge in [0.2, 0.25) is 0 Å². The molecule has 13 heteroatoms. The molecule has 0 bridgehead atoms. The predicted octanol–water partition coefficient (Wildman–Crippen LogP) is 6.02. The number of nitrogens with zero attached hydrogens (tertiary/aromatic N) is 4. The zero-order chi connectivity index (χ0) is 32.5. The molecule has 4 rings (SSSR count). The lowest BCUT2D eigenvalue weighted by Crippen LogP contribution is -2.29. The van der Waals surface area contributed by atoms with Gasteiger partial charge in [-0.25, -0.2) is 9.48 Å². The van der Waals surface area contributed by atoms with Gasteiger partial charge in [-0.3, -0.25) is 14.6 Å². The van der Waals surface area contributed by atoms with Gasteiger partial charge < -0.3 is 25.6 Å². The number of hydrogen-bond donors (Lipinski definition) is 3. The van der Waals surface area contributed by atoms with Crippen LogP contribution in [-0.2, 0) is 6.54 Å². The second kappa shape index (κ2) is 15.5. The molecule has 0 aliphatic heterocycles. The van der Waals surface area contributed by atoms with E-state index in [4.69, 9.17) is 27.9 Å². The van der Waals surface area contributed by atoms with Crippen LogP contribution >= 0.6 is 23.2 Å². The van der Waals surface area contributed by atoms with E-state index in [0.29, 0.717) is 35.7 Å². The molecule has 0 atom stereocenters. The van der Waals surface area contributed by atoms with Crippen LogP contribution in [0.25, 0.3) is 22.4 Å². The molecule has 0 unspecified atom stereocenters. The average Bonchev–Trinajstić information content (AvgIpc) is 3.02. The maximum absolute atomic E-state index is 13.1. The second-order valence-corrected chi connectivity index (χ2v) is 11.1. The highest BCUT2D eigenvalue weighted by molar-refractivity contribution is 6.39. The summed E-state index contributed by atoms with van der Waals surface area (Å²) in [5.74, 6) is 0.385. The first-order chi connectivity index (χ1) is 21.6. The first kappa shape index (κ1) is 33.4. The van der Waals surface area contributed by atoms with Crippen LogP contribution in [0.5, 0.6) is 5.75 Å². The first-order valence-corrected chi connectivity index (χ1v) is 15.2. The van der Waals surface area contributed by atoms with Gasteiger partial charge in [0.25, 0.3) is 11.5 Å². The highest BCUT2D eigenvalue weighted by Crippen LogP contribution is 2.31. The van der Waals surface area contributed by atoms with Gasteiger partial charge in [-0.2, -0.15) is 5.10 Å². The molecule has 11 nitrogen and oxygen atoms in total. The lowest BCUT2D eigenvalue weighted by molar-refractivity contribution is 0.0952. The van der Waals surface area contributed by atoms with Gasteiger partial charge in [0.15, 0.2) is 0 Å². The molecule has 3 amide bonds. The van der Waals surface area contributed by atoms with E-state index in [1.165, 1.54) is 23.1 Å². The average molecular weight is 653 g/mol. The van der Waals surface area contributed by atoms with Crippen molar-refractivity contribution in [2.45, 2.75) is 26.8 Å². The van der Waals surface area contributed by atoms with E-state index in [1.807, 2.05) is 57.4 Å². The summed E-state index contributed by atoms with van der Waals surface area (Å²) < 4.78 is 7.04. The van der Waals surface area contributed by atoms with Crippen molar-refractivity contribution in [3.05, 3.63) is 86.9 Å². The van der Waals surface area contributed by atoms with Gasteiger partial charge in [-0.1, -0.05) is 41.4 Å². The molecule has 3 N–H and O–H groups in total. The standard InChI is InChI=1S/C32H35Cl2N7O4/c1-5-41-31(43)28(37-32(44)38-29-25(33)18-35-19-26(29)34)17-27(39-41)21-10-7-9-20(13-21)22-14-23(16-24(15-22)45-6-2)30(42)36-11-8-12-40(3)4/h7,9-10,13-19H,5-6,8,11-12H2,1-4H3,(H,36,42)(H2,35,37,38,44). The number of nitrogens with one attached hydrogen (secondary N) is 3. The largest absolute Gasteiger partial charge is 0.494 e. The Kier molecular flexibility index (Phi) is 11.5. The summed E-state index contributed by atoms with van der Waals surface area (Å²) in [5.41, 5.74) is 2.90. The molecule has 0 fully saturated rings. The summed E-state index contributed by atoms with van der Waals surface area (Å²) >= 11 is 12.2. The van der Waals surface area contributed by atoms with E-state index >= 15 is 0 Å². The van der Waals surface area contributed by atoms with Crippen LogP contribution in [-0.4, -0.2) is 65.4 Å². The lowest BCUT2D eigenvalue weighted by atomic mass is 9.99. The number of ether oxygens (including phenoxy) is 1. The molecule has 0 saturated heterocycles. The smallest absolute Gasteiger partial charge is 0.323 e. The number of aryl methyl sites for hydroxylation is 1. The number of rotatable bonds is 12. The maximum atomic E-state index is 13.1. The Labute approximate surface area is 271 Å². The molecule has 236 valence electrons. The summed E-state index contributed by atoms with van der Waals surface area (Å²) in [6.07, 6.45) is 3.52. The molecule has 0 saturated carbocycles. The molecule has 4 aromatic rings. The quantitative estimate of drug-likeness (QED) is 0.160. The molecule has 0 aliphatic rings. The first-order valence-electron chi connectivity index (χ1n) is 14.4. The van der Waals surface area contributed by atoms with Crippen LogP contribution in [0.3, 0.4) is 0 Å². The summed E-state index contributed by atoms with van der Waals surface area (Å²) in [6.45, 7) is 5.80. The van der Waals surface area contributed by atoms with Gasteiger partial charge in [0.1, 0.15) is 11.4 Å². The van der Waals surface area contributed by atoms with E-state index in [0.717, 1.165) is 24.1 Å². The lowest BCUT2D eigenvalue weighted by Gasteiger charge is -2.14. The van der Waals surface area contributed by atoms with Crippen molar-refractivity contribution >= 4 is 46.5 Å². The zero-order valence-corrected chi connectivity index (χ0v) is 27.0. The van der Waals surface area contributed by atoms with Crippen LogP contribution in [0.15, 0.2) is 65.7 Å². The fourth-order valence-corrected chi connectivity index (χ4v) is 4.95. The minimum absolute atomic E-state index is 0.0117. The molecular formula is C32H35Cl2N7O4. The molecule has 45 heavy (non-hydrogen) atoms. The minimum atomic E-state index is -0.712. The molecular weight excluding hydrogens is 617 g/mol. The van der Waals surface area contributed by atoms with E-state index in [9.17, 15) is 14.4 Å². The number of amides is 3. The van der Waals surface area contributed by atoms with Crippen molar-refractivity contribution in [3.8, 4) is 28.1 Å². The Morgan fingerprint density at radius 1 is 0.956 bits per heavy atom. The van der Waals surface area contributed by atoms with Crippen molar-refractivity contribution in [1.82, 2.24) is 25.0 Å². The predicted molar refractivity (Wildman–Crippen MR) is 179 cm³/mol. The number of aromatic nitrogens is 3. The van der Waals surface area contributed by atoms with E-state index in [2.05, 4.69) is 30.9 Å². The number of anilines is 2. The Morgan fingerprint density at radius 3 is 2.38 bits per heavy atom. The monoisotopic (exact) mass is 651 g/mol. The molecule has 2 heterocycles. The molecule has 0 spiro atoms. The summed E-state index contributed by atoms with van der Waals surface area (Å²) in [6, 6.07) is 13.7. The minimum Gasteiger partial charge on any atom is -0.494 e. The third-order valence-electron chi connectivity index (χ3n) is 6.65. The van der Waals surface area contributed by atoms with Gasteiger partial charge in [0, 0.05) is 36.6 Å². The van der Waals surface area contributed by atoms with Gasteiger partial charge in [-0.15, -0.1) is 0 Å². The Bertz CT molecular complexity index is 1720. The van der Waals surface area contributed by atoms with Crippen LogP contribution in [0.4, 0.5) is 16.2 Å². The number of carbonyl (C=O) groups excluding carboxylic acids is 2. The SMILES string of the molecule is CCOc1cc(C(=O)NCCCN(C)C)cc(-c2cccc(-c3cc(NC(=O)Nc4c(Cl)cncc4Cl)c(=O)n(CC)n3)c2)c1. The topological polar surface area (TPSA) is 130 Å². The Hall–Kier alpha value is -4.45. The third-order valence-corrected chi connectivity index (χ3v) is 7.23. The third kappa shape index (κ3) is 8.81. The summed E-state index contributed by atoms with van der Waals surface area (Å²) in [4.78, 5) is 44.9. The van der Waals surface area contributed by atoms with Crippen molar-refractivity contribution in [2.75, 3.05) is 44.4 Å². The van der Waals surface area contributed by atoms with E-state index in [1.54, 1.807) is 13.0 Å². The number of benzene rings is 2. The highest BCUT2D eigenvalue weighted by atomic mass is 35.5. The fraction of sp³-hybridized carbons (Fsp3) is 0.281. The second-order valence-electron chi connectivity index (χ2n) is 10.3. The van der Waals surface area contributed by atoms with Crippen LogP contribution in [0.1, 0.15) is 30.6 Å². The van der Waals surface area contributed by atoms with Gasteiger partial charge in [0.05, 0.1) is 28.0 Å². The van der Waals surface area contributed by atoms with Crippen molar-refractivity contribution in [2.24, 2.45) is 0 Å². The summed E-state index contributed by atoms with van der Waals surface area (Å²) in [5, 5.41) is 12.9. The van der Waals surface area contributed by atoms with Crippen molar-refractivity contribution in [3.63, 3.8) is 0 Å². The van der Waals surface area contributed by atoms with Crippen molar-refractivity contribution < 1.29 is 14.3 Å². The van der Waals surface area contributed by atoms with Gasteiger partial charge >= 0.3 is 6.03 Å². The number of halogens is 2. The molecule has 0 radical (unpaired) electrons. The number of urea groups is 1. The van der Waals surface area contributed by atoms with Crippen LogP contribution in [0, 0.1) is 0 Å². The highest BCUT2D eigenvalue weighted by Gasteiger charge is 2.16. The maximum Gasteiger partial charge on any atom is 0.323 e. The van der Waals surface area contributed by atoms with Crippen LogP contribution < -0.4 is 26.2 Å². The van der Waals surface area contributed by atoms with Crippen molar-refractivity contribution in [1.29, 1.82) is 0 Å². The molecule has 2 aromatic heterocycles. The number of carbonyl (C=O) groups is 2.